The van der Waals surface area contributed by atoms with Gasteiger partial charge in [-0.25, -0.2) is 4.39 Å². The van der Waals surface area contributed by atoms with Gasteiger partial charge in [0.05, 0.1) is 0 Å². The fourth-order valence-corrected chi connectivity index (χ4v) is 3.12. The fourth-order valence-electron chi connectivity index (χ4n) is 2.79. The van der Waals surface area contributed by atoms with Crippen LogP contribution in [0.15, 0.2) is 46.9 Å². The van der Waals surface area contributed by atoms with Crippen molar-refractivity contribution in [3.63, 3.8) is 0 Å². The van der Waals surface area contributed by atoms with Crippen LogP contribution < -0.4 is 15.4 Å². The van der Waals surface area contributed by atoms with Crippen LogP contribution in [0.25, 0.3) is 0 Å². The Kier molecular flexibility index (Phi) is 6.24. The molecule has 5 heteroatoms. The van der Waals surface area contributed by atoms with Gasteiger partial charge in [0.1, 0.15) is 18.2 Å². The first kappa shape index (κ1) is 17.4. The van der Waals surface area contributed by atoms with Crippen LogP contribution in [0, 0.1) is 5.82 Å². The summed E-state index contributed by atoms with van der Waals surface area (Å²) in [5.74, 6) is 0.495. The molecular weight excluding hydrogens is 371 g/mol. The number of rotatable bonds is 6. The van der Waals surface area contributed by atoms with E-state index in [9.17, 15) is 4.39 Å². The van der Waals surface area contributed by atoms with Crippen molar-refractivity contribution in [3.05, 3.63) is 63.9 Å². The second kappa shape index (κ2) is 8.60. The minimum atomic E-state index is -0.257. The molecule has 0 radical (unpaired) electrons. The highest BCUT2D eigenvalue weighted by Gasteiger charge is 2.11. The van der Waals surface area contributed by atoms with E-state index in [0.29, 0.717) is 11.6 Å². The standard InChI is InChI=1S/C19H22BrFN2O/c20-16-4-3-15(19(21)11-16)13-24-18-5-1-14(2-6-18)12-23-17-7-9-22-10-8-17/h1-6,11,17,22-23H,7-10,12-13H2. The van der Waals surface area contributed by atoms with E-state index in [1.165, 1.54) is 24.5 Å². The number of piperidine rings is 1. The van der Waals surface area contributed by atoms with Gasteiger partial charge in [0.2, 0.25) is 0 Å². The summed E-state index contributed by atoms with van der Waals surface area (Å²) in [6.07, 6.45) is 2.36. The Morgan fingerprint density at radius 3 is 2.58 bits per heavy atom. The molecule has 1 saturated heterocycles. The highest BCUT2D eigenvalue weighted by Crippen LogP contribution is 2.18. The summed E-state index contributed by atoms with van der Waals surface area (Å²) in [6, 6.07) is 13.6. The number of halogens is 2. The molecule has 0 spiro atoms. The number of hydrogen-bond acceptors (Lipinski definition) is 3. The minimum absolute atomic E-state index is 0.228. The van der Waals surface area contributed by atoms with Crippen LogP contribution in [-0.2, 0) is 13.2 Å². The number of nitrogens with one attached hydrogen (secondary N) is 2. The third-order valence-corrected chi connectivity index (χ3v) is 4.76. The molecule has 0 unspecified atom stereocenters. The van der Waals surface area contributed by atoms with Gasteiger partial charge in [-0.2, -0.15) is 0 Å². The normalized spacial score (nSPS) is 15.4. The van der Waals surface area contributed by atoms with Gasteiger partial charge >= 0.3 is 0 Å². The predicted molar refractivity (Wildman–Crippen MR) is 97.6 cm³/mol. The van der Waals surface area contributed by atoms with Gasteiger partial charge in [-0.1, -0.05) is 34.1 Å². The molecule has 0 bridgehead atoms. The summed E-state index contributed by atoms with van der Waals surface area (Å²) in [5, 5.41) is 6.96. The average Bonchev–Trinajstić information content (AvgIpc) is 2.61. The van der Waals surface area contributed by atoms with Crippen molar-refractivity contribution in [2.75, 3.05) is 13.1 Å². The SMILES string of the molecule is Fc1cc(Br)ccc1COc1ccc(CNC2CCNCC2)cc1. The lowest BCUT2D eigenvalue weighted by Gasteiger charge is -2.23. The van der Waals surface area contributed by atoms with Crippen LogP contribution in [0.1, 0.15) is 24.0 Å². The molecule has 1 aliphatic rings. The van der Waals surface area contributed by atoms with Crippen LogP contribution in [-0.4, -0.2) is 19.1 Å². The molecule has 2 N–H and O–H groups in total. The summed E-state index contributed by atoms with van der Waals surface area (Å²) in [4.78, 5) is 0. The van der Waals surface area contributed by atoms with Crippen molar-refractivity contribution in [1.29, 1.82) is 0 Å². The van der Waals surface area contributed by atoms with Crippen LogP contribution in [0.5, 0.6) is 5.75 Å². The lowest BCUT2D eigenvalue weighted by molar-refractivity contribution is 0.299. The zero-order valence-electron chi connectivity index (χ0n) is 13.5. The molecular formula is C19H22BrFN2O. The summed E-state index contributed by atoms with van der Waals surface area (Å²) in [5.41, 5.74) is 1.78. The van der Waals surface area contributed by atoms with Crippen molar-refractivity contribution in [1.82, 2.24) is 10.6 Å². The Hall–Kier alpha value is -1.43. The van der Waals surface area contributed by atoms with E-state index in [-0.39, 0.29) is 12.4 Å². The van der Waals surface area contributed by atoms with Gasteiger partial charge in [-0.3, -0.25) is 0 Å². The summed E-state index contributed by atoms with van der Waals surface area (Å²) >= 11 is 3.25. The second-order valence-corrected chi connectivity index (χ2v) is 6.99. The van der Waals surface area contributed by atoms with Gasteiger partial charge in [0, 0.05) is 22.6 Å². The zero-order chi connectivity index (χ0) is 16.8. The zero-order valence-corrected chi connectivity index (χ0v) is 15.1. The van der Waals surface area contributed by atoms with Crippen molar-refractivity contribution in [2.45, 2.75) is 32.0 Å². The van der Waals surface area contributed by atoms with E-state index in [0.717, 1.165) is 29.9 Å². The van der Waals surface area contributed by atoms with Crippen LogP contribution in [0.3, 0.4) is 0 Å². The lowest BCUT2D eigenvalue weighted by Crippen LogP contribution is -2.39. The number of hydrogen-bond donors (Lipinski definition) is 2. The Bertz CT molecular complexity index is 657. The third-order valence-electron chi connectivity index (χ3n) is 4.27. The summed E-state index contributed by atoms with van der Waals surface area (Å²) in [6.45, 7) is 3.28. The summed E-state index contributed by atoms with van der Waals surface area (Å²) in [7, 11) is 0. The van der Waals surface area contributed by atoms with Crippen LogP contribution in [0.2, 0.25) is 0 Å². The molecule has 0 aliphatic carbocycles. The first-order valence-corrected chi connectivity index (χ1v) is 9.10. The molecule has 1 aliphatic heterocycles. The monoisotopic (exact) mass is 392 g/mol. The Balaban J connectivity index is 1.48. The highest BCUT2D eigenvalue weighted by atomic mass is 79.9. The predicted octanol–water partition coefficient (Wildman–Crippen LogP) is 4.01. The van der Waals surface area contributed by atoms with Crippen molar-refractivity contribution < 1.29 is 9.13 Å². The maximum atomic E-state index is 13.8. The largest absolute Gasteiger partial charge is 0.489 e. The number of ether oxygens (including phenoxy) is 1. The molecule has 1 heterocycles. The number of benzene rings is 2. The molecule has 3 nitrogen and oxygen atoms in total. The molecule has 0 aromatic heterocycles. The van der Waals surface area contributed by atoms with E-state index >= 15 is 0 Å². The van der Waals surface area contributed by atoms with Crippen molar-refractivity contribution >= 4 is 15.9 Å². The van der Waals surface area contributed by atoms with Gasteiger partial charge < -0.3 is 15.4 Å². The first-order valence-electron chi connectivity index (χ1n) is 8.30. The maximum absolute atomic E-state index is 13.8. The lowest BCUT2D eigenvalue weighted by atomic mass is 10.1. The van der Waals surface area contributed by atoms with Gasteiger partial charge in [-0.05, 0) is 55.8 Å². The van der Waals surface area contributed by atoms with Crippen LogP contribution in [0.4, 0.5) is 4.39 Å². The maximum Gasteiger partial charge on any atom is 0.130 e. The van der Waals surface area contributed by atoms with Gasteiger partial charge in [-0.15, -0.1) is 0 Å². The van der Waals surface area contributed by atoms with E-state index in [4.69, 9.17) is 4.74 Å². The minimum Gasteiger partial charge on any atom is -0.489 e. The first-order chi connectivity index (χ1) is 11.7. The van der Waals surface area contributed by atoms with E-state index in [1.807, 2.05) is 18.2 Å². The molecule has 0 amide bonds. The molecule has 0 saturated carbocycles. The molecule has 128 valence electrons. The molecule has 2 aromatic carbocycles. The topological polar surface area (TPSA) is 33.3 Å². The third kappa shape index (κ3) is 5.03. The van der Waals surface area contributed by atoms with E-state index in [1.54, 1.807) is 6.07 Å². The smallest absolute Gasteiger partial charge is 0.130 e. The fraction of sp³-hybridized carbons (Fsp3) is 0.368. The van der Waals surface area contributed by atoms with Crippen LogP contribution >= 0.6 is 15.9 Å². The van der Waals surface area contributed by atoms with E-state index in [2.05, 4.69) is 38.7 Å². The Labute approximate surface area is 150 Å². The quantitative estimate of drug-likeness (QED) is 0.778. The Morgan fingerprint density at radius 1 is 1.12 bits per heavy atom. The average molecular weight is 393 g/mol. The summed E-state index contributed by atoms with van der Waals surface area (Å²) < 4.78 is 20.2. The molecule has 2 aromatic rings. The Morgan fingerprint density at radius 2 is 1.88 bits per heavy atom. The highest BCUT2D eigenvalue weighted by molar-refractivity contribution is 9.10. The second-order valence-electron chi connectivity index (χ2n) is 6.07. The van der Waals surface area contributed by atoms with Gasteiger partial charge in [0.15, 0.2) is 0 Å². The van der Waals surface area contributed by atoms with Crippen molar-refractivity contribution in [2.24, 2.45) is 0 Å². The molecule has 0 atom stereocenters. The molecule has 3 rings (SSSR count). The van der Waals surface area contributed by atoms with E-state index < -0.39 is 0 Å². The van der Waals surface area contributed by atoms with Gasteiger partial charge in [0.25, 0.3) is 0 Å². The molecule has 1 fully saturated rings. The molecule has 24 heavy (non-hydrogen) atoms. The van der Waals surface area contributed by atoms with Crippen molar-refractivity contribution in [3.8, 4) is 5.75 Å².